The van der Waals surface area contributed by atoms with Crippen LogP contribution in [-0.4, -0.2) is 24.8 Å². The van der Waals surface area contributed by atoms with E-state index in [1.54, 1.807) is 0 Å². The minimum atomic E-state index is -0.559. The molecule has 0 saturated carbocycles. The van der Waals surface area contributed by atoms with Crippen LogP contribution in [0.4, 0.5) is 5.69 Å². The topological polar surface area (TPSA) is 58.2 Å². The second-order valence-corrected chi connectivity index (χ2v) is 6.25. The van der Waals surface area contributed by atoms with Crippen molar-refractivity contribution in [3.05, 3.63) is 29.3 Å². The molecule has 3 rings (SSSR count). The fourth-order valence-electron chi connectivity index (χ4n) is 3.04. The second kappa shape index (κ2) is 4.70. The lowest BCUT2D eigenvalue weighted by Crippen LogP contribution is -2.34. The number of carbonyl (C=O) groups excluding carboxylic acids is 2. The number of hydrogen-bond acceptors (Lipinski definition) is 3. The van der Waals surface area contributed by atoms with Crippen molar-refractivity contribution in [2.75, 3.05) is 18.4 Å². The molecule has 0 bridgehead atoms. The van der Waals surface area contributed by atoms with Crippen molar-refractivity contribution in [3.8, 4) is 0 Å². The molecule has 2 aliphatic heterocycles. The Morgan fingerprint density at radius 3 is 2.85 bits per heavy atom. The number of carbonyl (C=O) groups is 2. The van der Waals surface area contributed by atoms with E-state index in [-0.39, 0.29) is 17.6 Å². The minimum absolute atomic E-state index is 0.00330. The summed E-state index contributed by atoms with van der Waals surface area (Å²) in [7, 11) is 0. The molecule has 1 aromatic carbocycles. The average molecular weight is 272 g/mol. The first-order chi connectivity index (χ1) is 9.50. The highest BCUT2D eigenvalue weighted by atomic mass is 16.2. The number of piperidine rings is 1. The van der Waals surface area contributed by atoms with Gasteiger partial charge in [-0.25, -0.2) is 0 Å². The number of rotatable bonds is 2. The quantitative estimate of drug-likeness (QED) is 0.811. The van der Waals surface area contributed by atoms with Crippen molar-refractivity contribution < 1.29 is 9.59 Å². The van der Waals surface area contributed by atoms with E-state index in [0.717, 1.165) is 42.7 Å². The Hall–Kier alpha value is -1.68. The van der Waals surface area contributed by atoms with Crippen LogP contribution in [0, 0.1) is 5.92 Å². The van der Waals surface area contributed by atoms with Gasteiger partial charge in [-0.15, -0.1) is 0 Å². The maximum atomic E-state index is 12.5. The monoisotopic (exact) mass is 272 g/mol. The molecule has 1 amide bonds. The molecule has 1 saturated heterocycles. The second-order valence-electron chi connectivity index (χ2n) is 6.25. The third-order valence-electron chi connectivity index (χ3n) is 4.46. The molecule has 0 radical (unpaired) electrons. The Labute approximate surface area is 118 Å². The first-order valence-electron chi connectivity index (χ1n) is 7.21. The smallest absolute Gasteiger partial charge is 0.234 e. The van der Waals surface area contributed by atoms with E-state index in [1.807, 2.05) is 32.0 Å². The third-order valence-corrected chi connectivity index (χ3v) is 4.46. The van der Waals surface area contributed by atoms with Gasteiger partial charge in [0.25, 0.3) is 0 Å². The molecule has 1 aromatic rings. The number of fused-ring (bicyclic) bond motifs is 1. The van der Waals surface area contributed by atoms with Crippen LogP contribution < -0.4 is 10.6 Å². The van der Waals surface area contributed by atoms with Crippen LogP contribution in [-0.2, 0) is 10.2 Å². The van der Waals surface area contributed by atoms with Crippen LogP contribution in [0.15, 0.2) is 18.2 Å². The van der Waals surface area contributed by atoms with Gasteiger partial charge < -0.3 is 10.6 Å². The zero-order valence-corrected chi connectivity index (χ0v) is 12.0. The maximum Gasteiger partial charge on any atom is 0.234 e. The summed E-state index contributed by atoms with van der Waals surface area (Å²) in [5, 5.41) is 6.14. The third kappa shape index (κ3) is 2.04. The van der Waals surface area contributed by atoms with Crippen molar-refractivity contribution in [2.45, 2.75) is 32.1 Å². The number of anilines is 1. The molecule has 106 valence electrons. The van der Waals surface area contributed by atoms with Gasteiger partial charge in [-0.05, 0) is 57.0 Å². The fourth-order valence-corrected chi connectivity index (χ4v) is 3.04. The lowest BCUT2D eigenvalue weighted by atomic mass is 9.83. The summed E-state index contributed by atoms with van der Waals surface area (Å²) in [5.41, 5.74) is 1.92. The number of nitrogens with one attached hydrogen (secondary N) is 2. The number of hydrogen-bond donors (Lipinski definition) is 2. The zero-order valence-electron chi connectivity index (χ0n) is 12.0. The molecular formula is C16H20N2O2. The molecule has 2 heterocycles. The summed E-state index contributed by atoms with van der Waals surface area (Å²) < 4.78 is 0. The Morgan fingerprint density at radius 2 is 2.15 bits per heavy atom. The molecule has 1 unspecified atom stereocenters. The Kier molecular flexibility index (Phi) is 3.13. The van der Waals surface area contributed by atoms with Gasteiger partial charge in [0.2, 0.25) is 5.91 Å². The van der Waals surface area contributed by atoms with E-state index in [2.05, 4.69) is 10.6 Å². The summed E-state index contributed by atoms with van der Waals surface area (Å²) >= 11 is 0. The number of Topliss-reactive ketones (excluding diaryl/α,β-unsaturated/α-hetero) is 1. The van der Waals surface area contributed by atoms with Crippen molar-refractivity contribution in [3.63, 3.8) is 0 Å². The van der Waals surface area contributed by atoms with Gasteiger partial charge in [0.1, 0.15) is 0 Å². The largest absolute Gasteiger partial charge is 0.325 e. The molecule has 1 atom stereocenters. The molecule has 0 aliphatic carbocycles. The molecule has 0 aromatic heterocycles. The average Bonchev–Trinajstić information content (AvgIpc) is 2.69. The lowest BCUT2D eigenvalue weighted by molar-refractivity contribution is -0.119. The summed E-state index contributed by atoms with van der Waals surface area (Å²) in [4.78, 5) is 24.5. The van der Waals surface area contributed by atoms with Gasteiger partial charge in [-0.3, -0.25) is 9.59 Å². The highest BCUT2D eigenvalue weighted by molar-refractivity contribution is 6.07. The number of ketones is 1. The predicted molar refractivity (Wildman–Crippen MR) is 78.0 cm³/mol. The summed E-state index contributed by atoms with van der Waals surface area (Å²) in [6, 6.07) is 5.58. The van der Waals surface area contributed by atoms with Gasteiger partial charge in [0, 0.05) is 23.7 Å². The van der Waals surface area contributed by atoms with Crippen LogP contribution in [0.5, 0.6) is 0 Å². The maximum absolute atomic E-state index is 12.5. The van der Waals surface area contributed by atoms with Crippen molar-refractivity contribution >= 4 is 17.4 Å². The van der Waals surface area contributed by atoms with Crippen LogP contribution >= 0.6 is 0 Å². The van der Waals surface area contributed by atoms with E-state index in [1.165, 1.54) is 0 Å². The summed E-state index contributed by atoms with van der Waals surface area (Å²) in [5.74, 6) is 0.251. The fraction of sp³-hybridized carbons (Fsp3) is 0.500. The number of amides is 1. The first kappa shape index (κ1) is 13.3. The van der Waals surface area contributed by atoms with E-state index in [0.29, 0.717) is 0 Å². The highest BCUT2D eigenvalue weighted by Gasteiger charge is 2.38. The molecule has 2 N–H and O–H groups in total. The molecule has 2 aliphatic rings. The van der Waals surface area contributed by atoms with Crippen LogP contribution in [0.3, 0.4) is 0 Å². The van der Waals surface area contributed by atoms with Crippen LogP contribution in [0.25, 0.3) is 0 Å². The Balaban J connectivity index is 1.91. The molecule has 4 heteroatoms. The number of benzene rings is 1. The minimum Gasteiger partial charge on any atom is -0.325 e. The van der Waals surface area contributed by atoms with E-state index < -0.39 is 5.41 Å². The zero-order chi connectivity index (χ0) is 14.3. The van der Waals surface area contributed by atoms with Gasteiger partial charge >= 0.3 is 0 Å². The predicted octanol–water partition coefficient (Wildman–Crippen LogP) is 2.10. The molecule has 1 fully saturated rings. The molecule has 4 nitrogen and oxygen atoms in total. The standard InChI is InChI=1S/C16H20N2O2/c1-16(2)12-8-10(5-6-13(12)18-15(16)20)14(19)11-4-3-7-17-9-11/h5-6,8,11,17H,3-4,7,9H2,1-2H3,(H,18,20). The molecule has 20 heavy (non-hydrogen) atoms. The summed E-state index contributed by atoms with van der Waals surface area (Å²) in [6.07, 6.45) is 2.00. The molecular weight excluding hydrogens is 252 g/mol. The SMILES string of the molecule is CC1(C)C(=O)Nc2ccc(C(=O)C3CCCNC3)cc21. The normalized spacial score (nSPS) is 24.1. The lowest BCUT2D eigenvalue weighted by Gasteiger charge is -2.22. The van der Waals surface area contributed by atoms with E-state index >= 15 is 0 Å². The van der Waals surface area contributed by atoms with Crippen molar-refractivity contribution in [1.29, 1.82) is 0 Å². The van der Waals surface area contributed by atoms with Crippen molar-refractivity contribution in [2.24, 2.45) is 5.92 Å². The van der Waals surface area contributed by atoms with E-state index in [4.69, 9.17) is 0 Å². The van der Waals surface area contributed by atoms with Crippen LogP contribution in [0.2, 0.25) is 0 Å². The Morgan fingerprint density at radius 1 is 1.35 bits per heavy atom. The van der Waals surface area contributed by atoms with E-state index in [9.17, 15) is 9.59 Å². The molecule has 0 spiro atoms. The Bertz CT molecular complexity index is 572. The van der Waals surface area contributed by atoms with Crippen LogP contribution in [0.1, 0.15) is 42.6 Å². The first-order valence-corrected chi connectivity index (χ1v) is 7.21. The van der Waals surface area contributed by atoms with Gasteiger partial charge in [-0.1, -0.05) is 0 Å². The van der Waals surface area contributed by atoms with Gasteiger partial charge in [0.05, 0.1) is 5.41 Å². The summed E-state index contributed by atoms with van der Waals surface area (Å²) in [6.45, 7) is 5.55. The highest BCUT2D eigenvalue weighted by Crippen LogP contribution is 2.38. The van der Waals surface area contributed by atoms with Gasteiger partial charge in [-0.2, -0.15) is 0 Å². The van der Waals surface area contributed by atoms with Gasteiger partial charge in [0.15, 0.2) is 5.78 Å². The van der Waals surface area contributed by atoms with Crippen molar-refractivity contribution in [1.82, 2.24) is 5.32 Å².